The van der Waals surface area contributed by atoms with Gasteiger partial charge in [0.05, 0.1) is 5.02 Å². The number of hydrogen-bond acceptors (Lipinski definition) is 5. The van der Waals surface area contributed by atoms with E-state index in [1.807, 2.05) is 0 Å². The van der Waals surface area contributed by atoms with Crippen molar-refractivity contribution >= 4 is 29.6 Å². The Morgan fingerprint density at radius 3 is 2.35 bits per heavy atom. The maximum absolute atomic E-state index is 13.2. The van der Waals surface area contributed by atoms with Crippen LogP contribution in [0, 0.1) is 5.82 Å². The second-order valence-electron chi connectivity index (χ2n) is 4.56. The number of phenols is 1. The van der Waals surface area contributed by atoms with Crippen LogP contribution < -0.4 is 0 Å². The van der Waals surface area contributed by atoms with Crippen molar-refractivity contribution in [2.75, 3.05) is 0 Å². The molecule has 1 aliphatic rings. The van der Waals surface area contributed by atoms with Gasteiger partial charge < -0.3 is 14.6 Å². The SMILES string of the molecule is CC1(C)OC(=O)C(=Cc2cc(F)cc(Cl)c2O)C(=O)O1. The Kier molecular flexibility index (Phi) is 3.43. The fourth-order valence-corrected chi connectivity index (χ4v) is 1.84. The molecule has 0 unspecified atom stereocenters. The monoisotopic (exact) mass is 300 g/mol. The molecule has 1 saturated heterocycles. The summed E-state index contributed by atoms with van der Waals surface area (Å²) < 4.78 is 23.0. The summed E-state index contributed by atoms with van der Waals surface area (Å²) in [5, 5.41) is 9.44. The molecule has 106 valence electrons. The van der Waals surface area contributed by atoms with Crippen LogP contribution in [-0.2, 0) is 19.1 Å². The molecule has 1 aliphatic heterocycles. The number of aromatic hydroxyl groups is 1. The number of phenolic OH excluding ortho intramolecular Hbond substituents is 1. The first kappa shape index (κ1) is 14.3. The topological polar surface area (TPSA) is 72.8 Å². The molecule has 0 saturated carbocycles. The van der Waals surface area contributed by atoms with Crippen LogP contribution in [0.4, 0.5) is 4.39 Å². The van der Waals surface area contributed by atoms with Crippen LogP contribution in [0.5, 0.6) is 5.75 Å². The van der Waals surface area contributed by atoms with E-state index in [1.165, 1.54) is 13.8 Å². The summed E-state index contributed by atoms with van der Waals surface area (Å²) >= 11 is 5.60. The van der Waals surface area contributed by atoms with Gasteiger partial charge in [0.1, 0.15) is 17.1 Å². The molecule has 1 aromatic carbocycles. The van der Waals surface area contributed by atoms with Crippen molar-refractivity contribution in [1.82, 2.24) is 0 Å². The molecule has 2 rings (SSSR count). The summed E-state index contributed by atoms with van der Waals surface area (Å²) in [6.07, 6.45) is 0.962. The van der Waals surface area contributed by atoms with E-state index in [4.69, 9.17) is 21.1 Å². The van der Waals surface area contributed by atoms with E-state index in [-0.39, 0.29) is 10.6 Å². The van der Waals surface area contributed by atoms with E-state index >= 15 is 0 Å². The minimum atomic E-state index is -1.37. The zero-order valence-electron chi connectivity index (χ0n) is 10.6. The van der Waals surface area contributed by atoms with E-state index in [2.05, 4.69) is 0 Å². The normalized spacial score (nSPS) is 17.5. The highest BCUT2D eigenvalue weighted by molar-refractivity contribution is 6.32. The molecule has 0 aliphatic carbocycles. The molecule has 0 radical (unpaired) electrons. The van der Waals surface area contributed by atoms with Crippen molar-refractivity contribution in [3.8, 4) is 5.75 Å². The first-order chi connectivity index (χ1) is 9.19. The van der Waals surface area contributed by atoms with E-state index < -0.39 is 34.9 Å². The van der Waals surface area contributed by atoms with Gasteiger partial charge in [-0.05, 0) is 18.2 Å². The van der Waals surface area contributed by atoms with Crippen LogP contribution in [0.15, 0.2) is 17.7 Å². The quantitative estimate of drug-likeness (QED) is 0.490. The van der Waals surface area contributed by atoms with Crippen LogP contribution in [0.1, 0.15) is 19.4 Å². The van der Waals surface area contributed by atoms with Crippen molar-refractivity contribution in [2.24, 2.45) is 0 Å². The van der Waals surface area contributed by atoms with Crippen molar-refractivity contribution in [1.29, 1.82) is 0 Å². The average Bonchev–Trinajstić information content (AvgIpc) is 2.28. The number of rotatable bonds is 1. The van der Waals surface area contributed by atoms with Gasteiger partial charge in [0.15, 0.2) is 0 Å². The van der Waals surface area contributed by atoms with Gasteiger partial charge >= 0.3 is 11.9 Å². The van der Waals surface area contributed by atoms with Gasteiger partial charge in [0.2, 0.25) is 0 Å². The summed E-state index contributed by atoms with van der Waals surface area (Å²) in [5.74, 6) is -4.40. The minimum Gasteiger partial charge on any atom is -0.506 e. The molecule has 7 heteroatoms. The maximum Gasteiger partial charge on any atom is 0.348 e. The summed E-state index contributed by atoms with van der Waals surface area (Å²) in [6, 6.07) is 1.83. The summed E-state index contributed by atoms with van der Waals surface area (Å²) in [5.41, 5.74) is -0.583. The highest BCUT2D eigenvalue weighted by Crippen LogP contribution is 2.32. The molecule has 0 bridgehead atoms. The number of halogens is 2. The van der Waals surface area contributed by atoms with Crippen molar-refractivity contribution in [3.63, 3.8) is 0 Å². The van der Waals surface area contributed by atoms with Gasteiger partial charge in [-0.1, -0.05) is 11.6 Å². The number of carbonyl (C=O) groups excluding carboxylic acids is 2. The fraction of sp³-hybridized carbons (Fsp3) is 0.231. The van der Waals surface area contributed by atoms with Gasteiger partial charge in [-0.2, -0.15) is 0 Å². The smallest absolute Gasteiger partial charge is 0.348 e. The fourth-order valence-electron chi connectivity index (χ4n) is 1.63. The lowest BCUT2D eigenvalue weighted by Crippen LogP contribution is -2.41. The van der Waals surface area contributed by atoms with Crippen LogP contribution >= 0.6 is 11.6 Å². The molecule has 5 nitrogen and oxygen atoms in total. The van der Waals surface area contributed by atoms with Crippen molar-refractivity contribution in [3.05, 3.63) is 34.1 Å². The highest BCUT2D eigenvalue weighted by Gasteiger charge is 2.39. The number of benzene rings is 1. The molecule has 0 aromatic heterocycles. The molecule has 0 atom stereocenters. The Labute approximate surface area is 118 Å². The van der Waals surface area contributed by atoms with E-state index in [0.29, 0.717) is 0 Å². The lowest BCUT2D eigenvalue weighted by Gasteiger charge is -2.29. The number of carbonyl (C=O) groups is 2. The van der Waals surface area contributed by atoms with Crippen LogP contribution in [0.25, 0.3) is 6.08 Å². The van der Waals surface area contributed by atoms with Gasteiger partial charge in [0, 0.05) is 19.4 Å². The molecule has 0 spiro atoms. The maximum atomic E-state index is 13.2. The molecule has 1 heterocycles. The Hall–Kier alpha value is -2.08. The Balaban J connectivity index is 2.46. The minimum absolute atomic E-state index is 0.126. The number of ether oxygens (including phenoxy) is 2. The molecule has 20 heavy (non-hydrogen) atoms. The zero-order chi connectivity index (χ0) is 15.1. The second kappa shape index (κ2) is 4.79. The van der Waals surface area contributed by atoms with Crippen LogP contribution in [-0.4, -0.2) is 22.8 Å². The third-order valence-electron chi connectivity index (χ3n) is 2.47. The second-order valence-corrected chi connectivity index (χ2v) is 4.97. The van der Waals surface area contributed by atoms with Gasteiger partial charge in [-0.25, -0.2) is 14.0 Å². The van der Waals surface area contributed by atoms with Gasteiger partial charge in [-0.15, -0.1) is 0 Å². The summed E-state index contributed by atoms with van der Waals surface area (Å²) in [6.45, 7) is 2.80. The Morgan fingerprint density at radius 1 is 1.25 bits per heavy atom. The zero-order valence-corrected chi connectivity index (χ0v) is 11.3. The molecule has 1 aromatic rings. The average molecular weight is 301 g/mol. The molecular formula is C13H10ClFO5. The van der Waals surface area contributed by atoms with Crippen molar-refractivity contribution in [2.45, 2.75) is 19.6 Å². The lowest BCUT2D eigenvalue weighted by atomic mass is 10.1. The van der Waals surface area contributed by atoms with Crippen molar-refractivity contribution < 1.29 is 28.6 Å². The predicted molar refractivity (Wildman–Crippen MR) is 67.3 cm³/mol. The number of cyclic esters (lactones) is 2. The standard InChI is InChI=1S/C13H10ClFO5/c1-13(2)19-11(17)8(12(18)20-13)4-6-3-7(15)5-9(14)10(6)16/h3-5,16H,1-2H3. The van der Waals surface area contributed by atoms with Gasteiger partial charge in [0.25, 0.3) is 5.79 Å². The van der Waals surface area contributed by atoms with Crippen LogP contribution in [0.2, 0.25) is 5.02 Å². The largest absolute Gasteiger partial charge is 0.506 e. The predicted octanol–water partition coefficient (Wildman–Crippen LogP) is 2.40. The molecule has 1 N–H and O–H groups in total. The lowest BCUT2D eigenvalue weighted by molar-refractivity contribution is -0.222. The summed E-state index contributed by atoms with van der Waals surface area (Å²) in [4.78, 5) is 23.4. The third kappa shape index (κ3) is 2.75. The van der Waals surface area contributed by atoms with E-state index in [1.54, 1.807) is 0 Å². The van der Waals surface area contributed by atoms with Gasteiger partial charge in [-0.3, -0.25) is 0 Å². The molecule has 1 fully saturated rings. The van der Waals surface area contributed by atoms with E-state index in [0.717, 1.165) is 18.2 Å². The van der Waals surface area contributed by atoms with E-state index in [9.17, 15) is 19.1 Å². The Bertz CT molecular complexity index is 614. The molecule has 0 amide bonds. The third-order valence-corrected chi connectivity index (χ3v) is 2.76. The number of hydrogen-bond donors (Lipinski definition) is 1. The summed E-state index contributed by atoms with van der Waals surface area (Å²) in [7, 11) is 0. The Morgan fingerprint density at radius 2 is 1.80 bits per heavy atom. The first-order valence-corrected chi connectivity index (χ1v) is 5.94. The first-order valence-electron chi connectivity index (χ1n) is 5.56. The van der Waals surface area contributed by atoms with Crippen LogP contribution in [0.3, 0.4) is 0 Å². The number of esters is 2. The highest BCUT2D eigenvalue weighted by atomic mass is 35.5. The molecular weight excluding hydrogens is 291 g/mol.